The van der Waals surface area contributed by atoms with E-state index in [-0.39, 0.29) is 0 Å². The van der Waals surface area contributed by atoms with Crippen LogP contribution in [0, 0.1) is 0 Å². The number of benzene rings is 5. The molecule has 0 aliphatic heterocycles. The fourth-order valence-corrected chi connectivity index (χ4v) is 9.28. The van der Waals surface area contributed by atoms with Crippen LogP contribution < -0.4 is 10.6 Å². The highest BCUT2D eigenvalue weighted by Crippen LogP contribution is 2.59. The molecule has 226 valence electrons. The molecule has 0 spiro atoms. The van der Waals surface area contributed by atoms with E-state index >= 15 is 4.57 Å². The first-order valence-electron chi connectivity index (χ1n) is 14.9. The molecular formula is C38H40NO4P. The highest BCUT2D eigenvalue weighted by molar-refractivity contribution is 7.79. The maximum atomic E-state index is 15.8. The molecule has 1 unspecified atom stereocenters. The summed E-state index contributed by atoms with van der Waals surface area (Å²) >= 11 is 0. The highest BCUT2D eigenvalue weighted by Gasteiger charge is 2.59. The average molecular weight is 606 g/mol. The van der Waals surface area contributed by atoms with Gasteiger partial charge < -0.3 is 19.1 Å². The van der Waals surface area contributed by atoms with Crippen LogP contribution in [-0.2, 0) is 33.5 Å². The summed E-state index contributed by atoms with van der Waals surface area (Å²) in [5.41, 5.74) is 1.34. The summed E-state index contributed by atoms with van der Waals surface area (Å²) in [4.78, 5) is 2.25. The van der Waals surface area contributed by atoms with Gasteiger partial charge in [0.05, 0.1) is 0 Å². The van der Waals surface area contributed by atoms with E-state index in [1.54, 1.807) is 0 Å². The smallest absolute Gasteiger partial charge is 0.258 e. The van der Waals surface area contributed by atoms with Crippen LogP contribution in [0.1, 0.15) is 16.7 Å². The molecule has 0 amide bonds. The second-order valence-corrected chi connectivity index (χ2v) is 13.8. The largest absolute Gasteiger partial charge is 0.385 e. The Morgan fingerprint density at radius 1 is 0.591 bits per heavy atom. The first kappa shape index (κ1) is 31.6. The quantitative estimate of drug-likeness (QED) is 0.114. The maximum absolute atomic E-state index is 15.8. The Morgan fingerprint density at radius 3 is 1.30 bits per heavy atom. The van der Waals surface area contributed by atoms with Gasteiger partial charge in [0.25, 0.3) is 5.53 Å². The van der Waals surface area contributed by atoms with E-state index in [4.69, 9.17) is 9.47 Å². The Balaban J connectivity index is 1.69. The molecule has 0 bridgehead atoms. The van der Waals surface area contributed by atoms with E-state index in [1.165, 1.54) is 14.2 Å². The molecule has 0 saturated carbocycles. The van der Waals surface area contributed by atoms with Gasteiger partial charge >= 0.3 is 0 Å². The number of hydrogen-bond acceptors (Lipinski definition) is 5. The van der Waals surface area contributed by atoms with Gasteiger partial charge in [-0.15, -0.1) is 0 Å². The zero-order valence-corrected chi connectivity index (χ0v) is 26.2. The molecule has 5 rings (SSSR count). The summed E-state index contributed by atoms with van der Waals surface area (Å²) in [7, 11) is -0.854. The van der Waals surface area contributed by atoms with Gasteiger partial charge in [0.1, 0.15) is 6.10 Å². The van der Waals surface area contributed by atoms with E-state index in [0.717, 1.165) is 16.7 Å². The van der Waals surface area contributed by atoms with Gasteiger partial charge in [0, 0.05) is 44.0 Å². The van der Waals surface area contributed by atoms with Crippen molar-refractivity contribution >= 4 is 17.8 Å². The van der Waals surface area contributed by atoms with Crippen LogP contribution in [0.2, 0.25) is 0 Å². The van der Waals surface area contributed by atoms with Gasteiger partial charge in [0.2, 0.25) is 7.14 Å². The molecule has 0 saturated heterocycles. The minimum Gasteiger partial charge on any atom is -0.385 e. The molecule has 0 heterocycles. The lowest BCUT2D eigenvalue weighted by Gasteiger charge is -2.47. The van der Waals surface area contributed by atoms with Crippen LogP contribution in [-0.4, -0.2) is 41.9 Å². The Morgan fingerprint density at radius 2 is 0.932 bits per heavy atom. The zero-order valence-electron chi connectivity index (χ0n) is 25.3. The Labute approximate surface area is 261 Å². The van der Waals surface area contributed by atoms with E-state index in [2.05, 4.69) is 41.3 Å². The normalized spacial score (nSPS) is 13.5. The minimum atomic E-state index is -3.81. The van der Waals surface area contributed by atoms with Crippen LogP contribution in [0.15, 0.2) is 152 Å². The number of methoxy groups -OCH3 is 2. The van der Waals surface area contributed by atoms with Crippen molar-refractivity contribution in [2.45, 2.75) is 37.2 Å². The van der Waals surface area contributed by atoms with Gasteiger partial charge in [-0.3, -0.25) is 4.90 Å². The molecule has 2 atom stereocenters. The summed E-state index contributed by atoms with van der Waals surface area (Å²) in [6, 6.07) is 48.4. The van der Waals surface area contributed by atoms with E-state index in [0.29, 0.717) is 30.1 Å². The van der Waals surface area contributed by atoms with Crippen molar-refractivity contribution < 1.29 is 19.1 Å². The zero-order chi connectivity index (χ0) is 30.8. The average Bonchev–Trinajstić information content (AvgIpc) is 3.09. The first-order valence-corrected chi connectivity index (χ1v) is 16.6. The number of ether oxygens (including phenoxy) is 2. The predicted octanol–water partition coefficient (Wildman–Crippen LogP) is 6.62. The Kier molecular flexibility index (Phi) is 10.6. The van der Waals surface area contributed by atoms with Crippen LogP contribution in [0.5, 0.6) is 0 Å². The second kappa shape index (κ2) is 14.8. The summed E-state index contributed by atoms with van der Waals surface area (Å²) in [6.07, 6.45) is -0.865. The van der Waals surface area contributed by atoms with Crippen molar-refractivity contribution in [3.63, 3.8) is 0 Å². The molecule has 0 aliphatic rings. The summed E-state index contributed by atoms with van der Waals surface area (Å²) in [5, 5.41) is 13.9. The highest BCUT2D eigenvalue weighted by atomic mass is 31.2. The molecule has 6 heteroatoms. The van der Waals surface area contributed by atoms with Crippen molar-refractivity contribution in [3.8, 4) is 0 Å². The van der Waals surface area contributed by atoms with Crippen LogP contribution in [0.3, 0.4) is 0 Å². The molecule has 0 aliphatic carbocycles. The van der Waals surface area contributed by atoms with Gasteiger partial charge in [-0.25, -0.2) is 0 Å². The topological polar surface area (TPSA) is 59.0 Å². The third-order valence-electron chi connectivity index (χ3n) is 8.22. The molecule has 0 fully saturated rings. The molecule has 0 radical (unpaired) electrons. The molecule has 5 aromatic rings. The molecule has 0 aromatic heterocycles. The second-order valence-electron chi connectivity index (χ2n) is 10.9. The Bertz CT molecular complexity index is 1510. The van der Waals surface area contributed by atoms with Crippen molar-refractivity contribution in [2.24, 2.45) is 0 Å². The lowest BCUT2D eigenvalue weighted by molar-refractivity contribution is -0.216. The Hall–Kier alpha value is -3.83. The number of aliphatic hydroxyl groups excluding tert-OH is 1. The monoisotopic (exact) mass is 605 g/mol. The standard InChI is InChI=1S/C38H40NO4P/c1-42-38(43-2,44(41,34-24-14-6-15-25-34)35-26-16-7-17-27-35)37(40)36(28-31-18-8-3-9-19-31)39(29-32-20-10-4-11-21-32)30-33-22-12-5-13-23-33/h3-27,36-37,40H,28-30H2,1-2H3/t36-,37?/m0/s1. The van der Waals surface area contributed by atoms with Gasteiger partial charge in [-0.05, 0) is 23.1 Å². The van der Waals surface area contributed by atoms with Crippen LogP contribution >= 0.6 is 7.14 Å². The maximum Gasteiger partial charge on any atom is 0.258 e. The van der Waals surface area contributed by atoms with E-state index in [9.17, 15) is 5.11 Å². The minimum absolute atomic E-state index is 0.472. The lowest BCUT2D eigenvalue weighted by Crippen LogP contribution is -2.59. The SMILES string of the molecule is COC(OC)(C(O)[C@H](Cc1ccccc1)N(Cc1ccccc1)Cc1ccccc1)P(=O)(c1ccccc1)c1ccccc1. The van der Waals surface area contributed by atoms with E-state index < -0.39 is 24.8 Å². The molecule has 5 nitrogen and oxygen atoms in total. The van der Waals surface area contributed by atoms with Crippen LogP contribution in [0.25, 0.3) is 0 Å². The van der Waals surface area contributed by atoms with Crippen molar-refractivity contribution in [1.29, 1.82) is 0 Å². The molecular weight excluding hydrogens is 565 g/mol. The van der Waals surface area contributed by atoms with E-state index in [1.807, 2.05) is 115 Å². The summed E-state index contributed by atoms with van der Waals surface area (Å²) < 4.78 is 28.3. The van der Waals surface area contributed by atoms with Gasteiger partial charge in [0.15, 0.2) is 0 Å². The number of nitrogens with zero attached hydrogens (tertiary/aromatic N) is 1. The van der Waals surface area contributed by atoms with Crippen molar-refractivity contribution in [1.82, 2.24) is 4.90 Å². The number of aliphatic hydroxyl groups is 1. The predicted molar refractivity (Wildman–Crippen MR) is 179 cm³/mol. The molecule has 44 heavy (non-hydrogen) atoms. The number of rotatable bonds is 14. The van der Waals surface area contributed by atoms with Crippen LogP contribution in [0.4, 0.5) is 0 Å². The number of hydrogen-bond donors (Lipinski definition) is 1. The molecule has 1 N–H and O–H groups in total. The third-order valence-corrected chi connectivity index (χ3v) is 11.8. The van der Waals surface area contributed by atoms with Gasteiger partial charge in [-0.2, -0.15) is 0 Å². The third kappa shape index (κ3) is 6.63. The molecule has 5 aromatic carbocycles. The van der Waals surface area contributed by atoms with Crippen molar-refractivity contribution in [2.75, 3.05) is 14.2 Å². The van der Waals surface area contributed by atoms with Crippen molar-refractivity contribution in [3.05, 3.63) is 168 Å². The lowest BCUT2D eigenvalue weighted by atomic mass is 9.97. The fourth-order valence-electron chi connectivity index (χ4n) is 6.02. The summed E-state index contributed by atoms with van der Waals surface area (Å²) in [5.74, 6) is 0. The summed E-state index contributed by atoms with van der Waals surface area (Å²) in [6.45, 7) is 1.10. The first-order chi connectivity index (χ1) is 21.5. The fraction of sp³-hybridized carbons (Fsp3) is 0.211. The van der Waals surface area contributed by atoms with Gasteiger partial charge in [-0.1, -0.05) is 152 Å².